The summed E-state index contributed by atoms with van der Waals surface area (Å²) < 4.78 is 0. The molecule has 3 rings (SSSR count). The van der Waals surface area contributed by atoms with Crippen molar-refractivity contribution in [3.63, 3.8) is 0 Å². The standard InChI is InChI=1S/C17H23NO2/c19-12-13-7-9-18(10-8-13)17(20)16-6-5-14-3-1-2-4-15(14)11-16/h1-4,13,16,19H,5-12H2. The van der Waals surface area contributed by atoms with Gasteiger partial charge in [0.25, 0.3) is 0 Å². The Kier molecular flexibility index (Phi) is 4.06. The summed E-state index contributed by atoms with van der Waals surface area (Å²) in [4.78, 5) is 14.6. The van der Waals surface area contributed by atoms with Gasteiger partial charge in [-0.3, -0.25) is 4.79 Å². The van der Waals surface area contributed by atoms with E-state index in [0.29, 0.717) is 11.8 Å². The van der Waals surface area contributed by atoms with E-state index in [1.54, 1.807) is 0 Å². The molecule has 1 heterocycles. The van der Waals surface area contributed by atoms with Crippen LogP contribution in [0, 0.1) is 11.8 Å². The highest BCUT2D eigenvalue weighted by Gasteiger charge is 2.30. The maximum atomic E-state index is 12.6. The first kappa shape index (κ1) is 13.6. The lowest BCUT2D eigenvalue weighted by atomic mass is 9.83. The van der Waals surface area contributed by atoms with Crippen molar-refractivity contribution in [1.82, 2.24) is 4.90 Å². The third-order valence-corrected chi connectivity index (χ3v) is 4.88. The molecule has 0 saturated carbocycles. The van der Waals surface area contributed by atoms with Crippen LogP contribution in [0.3, 0.4) is 0 Å². The van der Waals surface area contributed by atoms with Gasteiger partial charge in [-0.2, -0.15) is 0 Å². The van der Waals surface area contributed by atoms with Crippen molar-refractivity contribution in [3.05, 3.63) is 35.4 Å². The first-order chi connectivity index (χ1) is 9.78. The second-order valence-corrected chi connectivity index (χ2v) is 6.16. The lowest BCUT2D eigenvalue weighted by molar-refractivity contribution is -0.137. The smallest absolute Gasteiger partial charge is 0.226 e. The Morgan fingerprint density at radius 3 is 2.55 bits per heavy atom. The molecule has 20 heavy (non-hydrogen) atoms. The zero-order chi connectivity index (χ0) is 13.9. The molecule has 1 unspecified atom stereocenters. The quantitative estimate of drug-likeness (QED) is 0.895. The predicted molar refractivity (Wildman–Crippen MR) is 78.3 cm³/mol. The van der Waals surface area contributed by atoms with Gasteiger partial charge in [-0.15, -0.1) is 0 Å². The first-order valence-electron chi connectivity index (χ1n) is 7.74. The highest BCUT2D eigenvalue weighted by Crippen LogP contribution is 2.28. The summed E-state index contributed by atoms with van der Waals surface area (Å²) in [5.74, 6) is 0.887. The molecule has 1 aliphatic carbocycles. The van der Waals surface area contributed by atoms with E-state index >= 15 is 0 Å². The lowest BCUT2D eigenvalue weighted by Gasteiger charge is -2.35. The molecule has 3 heteroatoms. The minimum absolute atomic E-state index is 0.163. The van der Waals surface area contributed by atoms with Crippen LogP contribution in [0.15, 0.2) is 24.3 Å². The molecular formula is C17H23NO2. The van der Waals surface area contributed by atoms with E-state index in [0.717, 1.165) is 45.2 Å². The number of nitrogens with zero attached hydrogens (tertiary/aromatic N) is 1. The van der Waals surface area contributed by atoms with Crippen LogP contribution >= 0.6 is 0 Å². The van der Waals surface area contributed by atoms with E-state index in [4.69, 9.17) is 0 Å². The molecule has 0 spiro atoms. The average Bonchev–Trinajstić information content (AvgIpc) is 2.54. The van der Waals surface area contributed by atoms with Gasteiger partial charge < -0.3 is 10.0 Å². The van der Waals surface area contributed by atoms with Crippen LogP contribution in [0.1, 0.15) is 30.4 Å². The van der Waals surface area contributed by atoms with Crippen LogP contribution in [0.25, 0.3) is 0 Å². The van der Waals surface area contributed by atoms with E-state index in [1.165, 1.54) is 11.1 Å². The molecule has 3 nitrogen and oxygen atoms in total. The fourth-order valence-corrected chi connectivity index (χ4v) is 3.50. The molecule has 0 bridgehead atoms. The summed E-state index contributed by atoms with van der Waals surface area (Å²) in [5.41, 5.74) is 2.76. The Bertz CT molecular complexity index is 478. The summed E-state index contributed by atoms with van der Waals surface area (Å²) in [5, 5.41) is 9.17. The Balaban J connectivity index is 1.62. The van der Waals surface area contributed by atoms with E-state index in [2.05, 4.69) is 24.3 Å². The average molecular weight is 273 g/mol. The SMILES string of the molecule is O=C(C1CCc2ccccc2C1)N1CCC(CO)CC1. The van der Waals surface area contributed by atoms with Crippen molar-refractivity contribution in [3.8, 4) is 0 Å². The monoisotopic (exact) mass is 273 g/mol. The van der Waals surface area contributed by atoms with Gasteiger partial charge in [0.05, 0.1) is 0 Å². The summed E-state index contributed by atoms with van der Waals surface area (Å²) in [6.07, 6.45) is 4.81. The molecule has 1 aromatic carbocycles. The van der Waals surface area contributed by atoms with Crippen molar-refractivity contribution in [2.45, 2.75) is 32.1 Å². The van der Waals surface area contributed by atoms with Gasteiger partial charge in [0.15, 0.2) is 0 Å². The summed E-state index contributed by atoms with van der Waals surface area (Å²) in [6, 6.07) is 8.49. The summed E-state index contributed by atoms with van der Waals surface area (Å²) in [6.45, 7) is 1.91. The fourth-order valence-electron chi connectivity index (χ4n) is 3.50. The zero-order valence-corrected chi connectivity index (χ0v) is 11.9. The number of rotatable bonds is 2. The van der Waals surface area contributed by atoms with Crippen LogP contribution in [0.2, 0.25) is 0 Å². The van der Waals surface area contributed by atoms with Crippen molar-refractivity contribution >= 4 is 5.91 Å². The van der Waals surface area contributed by atoms with Gasteiger partial charge in [-0.05, 0) is 49.1 Å². The number of amides is 1. The molecule has 108 valence electrons. The largest absolute Gasteiger partial charge is 0.396 e. The molecule has 1 saturated heterocycles. The fraction of sp³-hybridized carbons (Fsp3) is 0.588. The molecule has 1 aliphatic heterocycles. The molecule has 0 aromatic heterocycles. The van der Waals surface area contributed by atoms with Crippen molar-refractivity contribution in [2.75, 3.05) is 19.7 Å². The molecule has 2 aliphatic rings. The number of benzene rings is 1. The Morgan fingerprint density at radius 1 is 1.15 bits per heavy atom. The molecule has 1 atom stereocenters. The topological polar surface area (TPSA) is 40.5 Å². The second-order valence-electron chi connectivity index (χ2n) is 6.16. The number of aliphatic hydroxyl groups is 1. The maximum absolute atomic E-state index is 12.6. The maximum Gasteiger partial charge on any atom is 0.226 e. The highest BCUT2D eigenvalue weighted by atomic mass is 16.3. The first-order valence-corrected chi connectivity index (χ1v) is 7.74. The van der Waals surface area contributed by atoms with Crippen LogP contribution in [0.5, 0.6) is 0 Å². The predicted octanol–water partition coefficient (Wildman–Crippen LogP) is 2.02. The molecular weight excluding hydrogens is 250 g/mol. The number of carbonyl (C=O) groups excluding carboxylic acids is 1. The number of aryl methyl sites for hydroxylation is 1. The normalized spacial score (nSPS) is 23.4. The molecule has 1 aromatic rings. The van der Waals surface area contributed by atoms with E-state index in [9.17, 15) is 9.90 Å². The van der Waals surface area contributed by atoms with Gasteiger partial charge in [-0.25, -0.2) is 0 Å². The summed E-state index contributed by atoms with van der Waals surface area (Å²) in [7, 11) is 0. The zero-order valence-electron chi connectivity index (χ0n) is 11.9. The number of hydrogen-bond donors (Lipinski definition) is 1. The number of carbonyl (C=O) groups is 1. The molecule has 1 N–H and O–H groups in total. The Morgan fingerprint density at radius 2 is 1.85 bits per heavy atom. The van der Waals surface area contributed by atoms with Crippen LogP contribution < -0.4 is 0 Å². The minimum atomic E-state index is 0.163. The van der Waals surface area contributed by atoms with Crippen LogP contribution in [-0.2, 0) is 17.6 Å². The van der Waals surface area contributed by atoms with E-state index < -0.39 is 0 Å². The van der Waals surface area contributed by atoms with Gasteiger partial charge in [0.1, 0.15) is 0 Å². The van der Waals surface area contributed by atoms with E-state index in [-0.39, 0.29) is 12.5 Å². The number of likely N-dealkylation sites (tertiary alicyclic amines) is 1. The van der Waals surface area contributed by atoms with Crippen LogP contribution in [-0.4, -0.2) is 35.6 Å². The van der Waals surface area contributed by atoms with Crippen molar-refractivity contribution < 1.29 is 9.90 Å². The van der Waals surface area contributed by atoms with Gasteiger partial charge >= 0.3 is 0 Å². The third kappa shape index (κ3) is 2.73. The van der Waals surface area contributed by atoms with E-state index in [1.807, 2.05) is 4.90 Å². The number of aliphatic hydroxyl groups excluding tert-OH is 1. The van der Waals surface area contributed by atoms with Gasteiger partial charge in [-0.1, -0.05) is 24.3 Å². The number of piperidine rings is 1. The molecule has 1 amide bonds. The highest BCUT2D eigenvalue weighted by molar-refractivity contribution is 5.79. The number of hydrogen-bond acceptors (Lipinski definition) is 2. The van der Waals surface area contributed by atoms with Crippen LogP contribution in [0.4, 0.5) is 0 Å². The third-order valence-electron chi connectivity index (χ3n) is 4.88. The second kappa shape index (κ2) is 5.96. The minimum Gasteiger partial charge on any atom is -0.396 e. The lowest BCUT2D eigenvalue weighted by Crippen LogP contribution is -2.43. The van der Waals surface area contributed by atoms with Crippen molar-refractivity contribution in [2.24, 2.45) is 11.8 Å². The molecule has 0 radical (unpaired) electrons. The van der Waals surface area contributed by atoms with Gasteiger partial charge in [0, 0.05) is 25.6 Å². The van der Waals surface area contributed by atoms with Gasteiger partial charge in [0.2, 0.25) is 5.91 Å². The molecule has 1 fully saturated rings. The Hall–Kier alpha value is -1.35. The number of fused-ring (bicyclic) bond motifs is 1. The Labute approximate surface area is 120 Å². The van der Waals surface area contributed by atoms with Crippen molar-refractivity contribution in [1.29, 1.82) is 0 Å². The summed E-state index contributed by atoms with van der Waals surface area (Å²) >= 11 is 0.